The molecule has 1 aliphatic heterocycles. The van der Waals surface area contributed by atoms with E-state index < -0.39 is 0 Å². The Morgan fingerprint density at radius 1 is 0.964 bits per heavy atom. The second-order valence-electron chi connectivity index (χ2n) is 7.98. The maximum atomic E-state index is 13.8. The molecule has 28 heavy (non-hydrogen) atoms. The molecule has 1 heterocycles. The van der Waals surface area contributed by atoms with E-state index in [0.717, 1.165) is 30.9 Å². The lowest BCUT2D eigenvalue weighted by atomic mass is 9.95. The molecule has 2 aromatic carbocycles. The first-order valence-corrected chi connectivity index (χ1v) is 10.6. The van der Waals surface area contributed by atoms with Crippen LogP contribution in [0.25, 0.3) is 0 Å². The van der Waals surface area contributed by atoms with Crippen molar-refractivity contribution in [1.29, 1.82) is 0 Å². The number of aliphatic imine (C=N–C) groups is 1. The molecule has 1 N–H and O–H groups in total. The van der Waals surface area contributed by atoms with E-state index in [1.165, 1.54) is 43.7 Å². The molecular formula is C24H30FN3. The van der Waals surface area contributed by atoms with Crippen molar-refractivity contribution in [3.8, 4) is 0 Å². The predicted molar refractivity (Wildman–Crippen MR) is 113 cm³/mol. The van der Waals surface area contributed by atoms with Crippen LogP contribution in [0.1, 0.15) is 55.7 Å². The molecule has 2 aliphatic rings. The van der Waals surface area contributed by atoms with Crippen molar-refractivity contribution in [2.45, 2.75) is 57.2 Å². The summed E-state index contributed by atoms with van der Waals surface area (Å²) >= 11 is 0. The van der Waals surface area contributed by atoms with Crippen molar-refractivity contribution in [3.05, 3.63) is 71.5 Å². The summed E-state index contributed by atoms with van der Waals surface area (Å²) in [6.07, 6.45) is 7.29. The fraction of sp³-hybridized carbons (Fsp3) is 0.458. The molecule has 1 aliphatic carbocycles. The van der Waals surface area contributed by atoms with Crippen LogP contribution in [0.3, 0.4) is 0 Å². The molecule has 0 radical (unpaired) electrons. The van der Waals surface area contributed by atoms with Gasteiger partial charge in [0.15, 0.2) is 0 Å². The molecule has 0 bridgehead atoms. The number of halogens is 1. The van der Waals surface area contributed by atoms with Crippen LogP contribution in [0.5, 0.6) is 0 Å². The number of amidine groups is 1. The summed E-state index contributed by atoms with van der Waals surface area (Å²) < 4.78 is 13.8. The molecule has 2 aromatic rings. The van der Waals surface area contributed by atoms with Gasteiger partial charge in [0, 0.05) is 13.1 Å². The highest BCUT2D eigenvalue weighted by atomic mass is 19.1. The summed E-state index contributed by atoms with van der Waals surface area (Å²) in [6, 6.07) is 18.1. The quantitative estimate of drug-likeness (QED) is 0.801. The molecular weight excluding hydrogens is 349 g/mol. The van der Waals surface area contributed by atoms with Gasteiger partial charge in [-0.15, -0.1) is 0 Å². The largest absolute Gasteiger partial charge is 0.354 e. The van der Waals surface area contributed by atoms with Crippen molar-refractivity contribution < 1.29 is 4.39 Å². The minimum absolute atomic E-state index is 0.0965. The van der Waals surface area contributed by atoms with E-state index >= 15 is 0 Å². The summed E-state index contributed by atoms with van der Waals surface area (Å²) in [5.74, 6) is 0.954. The number of rotatable bonds is 4. The summed E-state index contributed by atoms with van der Waals surface area (Å²) in [7, 11) is 0. The van der Waals surface area contributed by atoms with Gasteiger partial charge < -0.3 is 10.2 Å². The fourth-order valence-corrected chi connectivity index (χ4v) is 4.39. The maximum absolute atomic E-state index is 13.8. The molecule has 3 nitrogen and oxygen atoms in total. The first-order chi connectivity index (χ1) is 13.8. The van der Waals surface area contributed by atoms with Crippen LogP contribution < -0.4 is 5.32 Å². The van der Waals surface area contributed by atoms with Crippen molar-refractivity contribution in [2.24, 2.45) is 4.99 Å². The lowest BCUT2D eigenvalue weighted by Crippen LogP contribution is -2.39. The third-order valence-electron chi connectivity index (χ3n) is 5.82. The predicted octanol–water partition coefficient (Wildman–Crippen LogP) is 5.09. The standard InChI is InChI=1S/C24H30FN3/c25-21-12-7-9-19(17-21)18-28-16-8-15-26-23(20-10-3-1-4-11-20)24(28)27-22-13-5-2-6-14-22/h1,3-4,7,9-12,17,22-23,26H,2,5-6,8,13-16,18H2. The molecule has 4 rings (SSSR count). The zero-order valence-electron chi connectivity index (χ0n) is 16.5. The van der Waals surface area contributed by atoms with Gasteiger partial charge in [0.2, 0.25) is 0 Å². The summed E-state index contributed by atoms with van der Waals surface area (Å²) in [4.78, 5) is 7.68. The maximum Gasteiger partial charge on any atom is 0.123 e. The summed E-state index contributed by atoms with van der Waals surface area (Å²) in [5, 5.41) is 3.72. The van der Waals surface area contributed by atoms with Crippen LogP contribution >= 0.6 is 0 Å². The normalized spacial score (nSPS) is 23.0. The molecule has 1 atom stereocenters. The third kappa shape index (κ3) is 4.79. The highest BCUT2D eigenvalue weighted by Crippen LogP contribution is 2.26. The number of benzene rings is 2. The monoisotopic (exact) mass is 379 g/mol. The van der Waals surface area contributed by atoms with E-state index in [9.17, 15) is 4.39 Å². The minimum atomic E-state index is -0.171. The Kier molecular flexibility index (Phi) is 6.38. The van der Waals surface area contributed by atoms with Crippen LogP contribution in [0, 0.1) is 5.82 Å². The molecule has 4 heteroatoms. The Balaban J connectivity index is 1.67. The lowest BCUT2D eigenvalue weighted by molar-refractivity contribution is 0.391. The zero-order chi connectivity index (χ0) is 19.2. The summed E-state index contributed by atoms with van der Waals surface area (Å²) in [6.45, 7) is 2.61. The Labute approximate surface area is 167 Å². The van der Waals surface area contributed by atoms with Gasteiger partial charge in [-0.3, -0.25) is 4.99 Å². The fourth-order valence-electron chi connectivity index (χ4n) is 4.39. The Hall–Kier alpha value is -2.20. The first-order valence-electron chi connectivity index (χ1n) is 10.6. The zero-order valence-corrected chi connectivity index (χ0v) is 16.5. The van der Waals surface area contributed by atoms with Crippen molar-refractivity contribution in [3.63, 3.8) is 0 Å². The van der Waals surface area contributed by atoms with E-state index in [4.69, 9.17) is 4.99 Å². The average molecular weight is 380 g/mol. The van der Waals surface area contributed by atoms with Gasteiger partial charge in [-0.25, -0.2) is 4.39 Å². The van der Waals surface area contributed by atoms with Gasteiger partial charge >= 0.3 is 0 Å². The second kappa shape index (κ2) is 9.33. The van der Waals surface area contributed by atoms with E-state index in [2.05, 4.69) is 40.5 Å². The van der Waals surface area contributed by atoms with Gasteiger partial charge in [-0.05, 0) is 49.1 Å². The molecule has 148 valence electrons. The highest BCUT2D eigenvalue weighted by molar-refractivity contribution is 5.89. The second-order valence-corrected chi connectivity index (χ2v) is 7.98. The van der Waals surface area contributed by atoms with Gasteiger partial charge in [0.05, 0.1) is 12.1 Å². The molecule has 2 fully saturated rings. The van der Waals surface area contributed by atoms with Crippen molar-refractivity contribution in [2.75, 3.05) is 13.1 Å². The third-order valence-corrected chi connectivity index (χ3v) is 5.82. The number of nitrogens with zero attached hydrogens (tertiary/aromatic N) is 2. The molecule has 0 aromatic heterocycles. The van der Waals surface area contributed by atoms with Gasteiger partial charge in [-0.1, -0.05) is 61.7 Å². The molecule has 1 saturated carbocycles. The highest BCUT2D eigenvalue weighted by Gasteiger charge is 2.27. The van der Waals surface area contributed by atoms with E-state index in [0.29, 0.717) is 12.6 Å². The smallest absolute Gasteiger partial charge is 0.123 e. The van der Waals surface area contributed by atoms with E-state index in [1.54, 1.807) is 12.1 Å². The van der Waals surface area contributed by atoms with Crippen LogP contribution in [0.4, 0.5) is 4.39 Å². The lowest BCUT2D eigenvalue weighted by Gasteiger charge is -2.31. The molecule has 1 unspecified atom stereocenters. The molecule has 0 spiro atoms. The first kappa shape index (κ1) is 19.1. The van der Waals surface area contributed by atoms with Crippen molar-refractivity contribution in [1.82, 2.24) is 10.2 Å². The number of nitrogens with one attached hydrogen (secondary N) is 1. The van der Waals surface area contributed by atoms with Crippen LogP contribution in [0.2, 0.25) is 0 Å². The minimum Gasteiger partial charge on any atom is -0.354 e. The Morgan fingerprint density at radius 2 is 1.79 bits per heavy atom. The van der Waals surface area contributed by atoms with Crippen molar-refractivity contribution >= 4 is 5.84 Å². The van der Waals surface area contributed by atoms with Crippen LogP contribution in [-0.4, -0.2) is 29.9 Å². The Morgan fingerprint density at radius 3 is 2.57 bits per heavy atom. The van der Waals surface area contributed by atoms with Crippen LogP contribution in [0.15, 0.2) is 59.6 Å². The SMILES string of the molecule is Fc1cccc(CN2CCCNC(c3ccccc3)C2=NC2CCCCC2)c1. The molecule has 0 amide bonds. The number of hydrogen-bond donors (Lipinski definition) is 1. The van der Waals surface area contributed by atoms with Gasteiger partial charge in [-0.2, -0.15) is 0 Å². The van der Waals surface area contributed by atoms with Gasteiger partial charge in [0.1, 0.15) is 11.7 Å². The molecule has 1 saturated heterocycles. The van der Waals surface area contributed by atoms with Gasteiger partial charge in [0.25, 0.3) is 0 Å². The average Bonchev–Trinajstić information content (AvgIpc) is 2.92. The topological polar surface area (TPSA) is 27.6 Å². The number of hydrogen-bond acceptors (Lipinski definition) is 2. The van der Waals surface area contributed by atoms with E-state index in [-0.39, 0.29) is 11.9 Å². The summed E-state index contributed by atoms with van der Waals surface area (Å²) in [5.41, 5.74) is 2.26. The Bertz CT molecular complexity index is 783. The van der Waals surface area contributed by atoms with E-state index in [1.807, 2.05) is 6.07 Å². The van der Waals surface area contributed by atoms with Crippen LogP contribution in [-0.2, 0) is 6.54 Å².